The van der Waals surface area contributed by atoms with Crippen molar-refractivity contribution in [2.24, 2.45) is 11.6 Å². The maximum atomic E-state index is 9.87. The van der Waals surface area contributed by atoms with E-state index < -0.39 is 6.09 Å². The van der Waals surface area contributed by atoms with Gasteiger partial charge in [-0.05, 0) is 0 Å². The number of hydrogen-bond acceptors (Lipinski definition) is 4. The third-order valence-electron chi connectivity index (χ3n) is 0.353. The molecule has 0 aromatic rings. The van der Waals surface area contributed by atoms with Gasteiger partial charge in [-0.15, -0.1) is 0 Å². The van der Waals surface area contributed by atoms with Crippen molar-refractivity contribution in [3.8, 4) is 0 Å². The Labute approximate surface area is 40.6 Å². The van der Waals surface area contributed by atoms with E-state index in [1.807, 2.05) is 0 Å². The summed E-state index contributed by atoms with van der Waals surface area (Å²) in [5.41, 5.74) is 4.84. The minimum absolute atomic E-state index is 0.0377. The van der Waals surface area contributed by atoms with E-state index in [0.717, 1.165) is 0 Å². The molecule has 42 valence electrons. The molecule has 0 aromatic carbocycles. The lowest BCUT2D eigenvalue weighted by Crippen LogP contribution is -2.31. The predicted octanol–water partition coefficient (Wildman–Crippen LogP) is -1.50. The van der Waals surface area contributed by atoms with E-state index in [2.05, 4.69) is 16.1 Å². The second kappa shape index (κ2) is 3.38. The Morgan fingerprint density at radius 2 is 2.43 bits per heavy atom. The summed E-state index contributed by atoms with van der Waals surface area (Å²) in [7, 11) is 0. The standard InChI is InChI=1S/C2H7N3O2/c3-1-5-2(6)7-4/h1,3-4H2,(H,5,6). The van der Waals surface area contributed by atoms with Gasteiger partial charge in [0.05, 0.1) is 6.67 Å². The van der Waals surface area contributed by atoms with Crippen LogP contribution >= 0.6 is 0 Å². The SMILES string of the molecule is NCNC(=O)ON. The molecule has 5 N–H and O–H groups in total. The number of nitrogens with one attached hydrogen (secondary N) is 1. The van der Waals surface area contributed by atoms with Gasteiger partial charge in [-0.2, -0.15) is 5.90 Å². The summed E-state index contributed by atoms with van der Waals surface area (Å²) in [6.07, 6.45) is -0.720. The lowest BCUT2D eigenvalue weighted by molar-refractivity contribution is 0.148. The first-order valence-corrected chi connectivity index (χ1v) is 1.66. The third-order valence-corrected chi connectivity index (χ3v) is 0.353. The van der Waals surface area contributed by atoms with Crippen LogP contribution in [0.5, 0.6) is 0 Å². The van der Waals surface area contributed by atoms with E-state index in [0.29, 0.717) is 0 Å². The normalized spacial score (nSPS) is 7.71. The number of carbonyl (C=O) groups is 1. The third kappa shape index (κ3) is 3.01. The Balaban J connectivity index is 3.00. The van der Waals surface area contributed by atoms with Crippen molar-refractivity contribution < 1.29 is 9.63 Å². The second-order valence-electron chi connectivity index (χ2n) is 0.786. The fourth-order valence-corrected chi connectivity index (χ4v) is 0.125. The van der Waals surface area contributed by atoms with Gasteiger partial charge in [-0.25, -0.2) is 4.79 Å². The van der Waals surface area contributed by atoms with Crippen molar-refractivity contribution in [1.29, 1.82) is 0 Å². The highest BCUT2D eigenvalue weighted by Gasteiger charge is 1.90. The molecule has 0 unspecified atom stereocenters. The smallest absolute Gasteiger partial charge is 0.357 e. The zero-order chi connectivity index (χ0) is 5.70. The summed E-state index contributed by atoms with van der Waals surface area (Å²) in [6, 6.07) is 0. The van der Waals surface area contributed by atoms with Gasteiger partial charge in [-0.1, -0.05) is 0 Å². The van der Waals surface area contributed by atoms with Crippen LogP contribution in [0.2, 0.25) is 0 Å². The zero-order valence-corrected chi connectivity index (χ0v) is 3.68. The Morgan fingerprint density at radius 1 is 1.86 bits per heavy atom. The van der Waals surface area contributed by atoms with E-state index in [-0.39, 0.29) is 6.67 Å². The molecule has 0 saturated carbocycles. The van der Waals surface area contributed by atoms with Gasteiger partial charge in [0, 0.05) is 0 Å². The Kier molecular flexibility index (Phi) is 2.99. The molecule has 0 aromatic heterocycles. The maximum Gasteiger partial charge on any atom is 0.426 e. The molecule has 0 rings (SSSR count). The highest BCUT2D eigenvalue weighted by atomic mass is 16.7. The Hall–Kier alpha value is -0.810. The van der Waals surface area contributed by atoms with Crippen LogP contribution in [0.4, 0.5) is 4.79 Å². The summed E-state index contributed by atoms with van der Waals surface area (Å²) in [4.78, 5) is 13.5. The predicted molar refractivity (Wildman–Crippen MR) is 22.9 cm³/mol. The summed E-state index contributed by atoms with van der Waals surface area (Å²) in [5, 5.41) is 2.09. The molecule has 0 fully saturated rings. The van der Waals surface area contributed by atoms with Crippen LogP contribution in [-0.2, 0) is 4.84 Å². The number of nitrogens with two attached hydrogens (primary N) is 2. The minimum Gasteiger partial charge on any atom is -0.357 e. The van der Waals surface area contributed by atoms with Crippen LogP contribution in [0.15, 0.2) is 0 Å². The largest absolute Gasteiger partial charge is 0.426 e. The van der Waals surface area contributed by atoms with Crippen LogP contribution in [-0.4, -0.2) is 12.8 Å². The maximum absolute atomic E-state index is 9.87. The quantitative estimate of drug-likeness (QED) is 0.279. The van der Waals surface area contributed by atoms with Crippen molar-refractivity contribution in [3.63, 3.8) is 0 Å². The summed E-state index contributed by atoms with van der Waals surface area (Å²) in [6.45, 7) is 0.0377. The first-order valence-electron chi connectivity index (χ1n) is 1.66. The molecule has 0 aliphatic carbocycles. The topological polar surface area (TPSA) is 90.4 Å². The molecule has 0 radical (unpaired) electrons. The van der Waals surface area contributed by atoms with Crippen molar-refractivity contribution >= 4 is 6.09 Å². The lowest BCUT2D eigenvalue weighted by atomic mass is 11.0. The Morgan fingerprint density at radius 3 is 2.57 bits per heavy atom. The molecular formula is C2H7N3O2. The molecule has 0 aliphatic heterocycles. The molecule has 5 nitrogen and oxygen atoms in total. The molecule has 0 spiro atoms. The molecule has 0 aliphatic rings. The highest BCUT2D eigenvalue weighted by molar-refractivity contribution is 5.66. The van der Waals surface area contributed by atoms with Gasteiger partial charge in [0.15, 0.2) is 0 Å². The highest BCUT2D eigenvalue weighted by Crippen LogP contribution is 1.59. The molecule has 0 bridgehead atoms. The summed E-state index contributed by atoms with van der Waals surface area (Å²) in [5.74, 6) is 4.39. The van der Waals surface area contributed by atoms with E-state index in [9.17, 15) is 4.79 Å². The molecule has 1 amide bonds. The van der Waals surface area contributed by atoms with Crippen molar-refractivity contribution in [2.45, 2.75) is 0 Å². The van der Waals surface area contributed by atoms with Gasteiger partial charge in [-0.3, -0.25) is 0 Å². The zero-order valence-electron chi connectivity index (χ0n) is 3.68. The van der Waals surface area contributed by atoms with Gasteiger partial charge in [0.1, 0.15) is 0 Å². The lowest BCUT2D eigenvalue weighted by Gasteiger charge is -1.94. The van der Waals surface area contributed by atoms with Gasteiger partial charge >= 0.3 is 6.09 Å². The molecule has 0 saturated heterocycles. The van der Waals surface area contributed by atoms with E-state index >= 15 is 0 Å². The fourth-order valence-electron chi connectivity index (χ4n) is 0.125. The summed E-state index contributed by atoms with van der Waals surface area (Å²) < 4.78 is 0. The van der Waals surface area contributed by atoms with Gasteiger partial charge in [0.2, 0.25) is 0 Å². The molecule has 0 heterocycles. The van der Waals surface area contributed by atoms with Crippen LogP contribution in [0, 0.1) is 0 Å². The van der Waals surface area contributed by atoms with Crippen LogP contribution in [0.1, 0.15) is 0 Å². The average Bonchev–Trinajstić information content (AvgIpc) is 1.68. The number of hydrogen-bond donors (Lipinski definition) is 3. The Bertz CT molecular complexity index is 64.0. The van der Waals surface area contributed by atoms with Crippen molar-refractivity contribution in [3.05, 3.63) is 0 Å². The molecular weight excluding hydrogens is 98.0 g/mol. The molecule has 5 heteroatoms. The average molecular weight is 105 g/mol. The number of amides is 1. The van der Waals surface area contributed by atoms with Gasteiger partial charge < -0.3 is 15.9 Å². The van der Waals surface area contributed by atoms with Gasteiger partial charge in [0.25, 0.3) is 0 Å². The summed E-state index contributed by atoms with van der Waals surface area (Å²) >= 11 is 0. The van der Waals surface area contributed by atoms with E-state index in [1.165, 1.54) is 0 Å². The molecule has 0 atom stereocenters. The van der Waals surface area contributed by atoms with Crippen molar-refractivity contribution in [2.75, 3.05) is 6.67 Å². The van der Waals surface area contributed by atoms with E-state index in [4.69, 9.17) is 5.73 Å². The van der Waals surface area contributed by atoms with Crippen LogP contribution < -0.4 is 16.9 Å². The first-order chi connectivity index (χ1) is 3.31. The van der Waals surface area contributed by atoms with Crippen molar-refractivity contribution in [1.82, 2.24) is 5.32 Å². The minimum atomic E-state index is -0.720. The first kappa shape index (κ1) is 6.19. The van der Waals surface area contributed by atoms with Crippen LogP contribution in [0.25, 0.3) is 0 Å². The number of rotatable bonds is 1. The van der Waals surface area contributed by atoms with Crippen LogP contribution in [0.3, 0.4) is 0 Å². The fraction of sp³-hybridized carbons (Fsp3) is 0.500. The second-order valence-corrected chi connectivity index (χ2v) is 0.786. The van der Waals surface area contributed by atoms with E-state index in [1.54, 1.807) is 0 Å². The number of carbonyl (C=O) groups excluding carboxylic acids is 1. The molecule has 7 heavy (non-hydrogen) atoms. The monoisotopic (exact) mass is 105 g/mol.